The largest absolute Gasteiger partial charge is 0.384 e. The van der Waals surface area contributed by atoms with Gasteiger partial charge in [-0.2, -0.15) is 0 Å². The Morgan fingerprint density at radius 2 is 1.43 bits per heavy atom. The smallest absolute Gasteiger partial charge is 0.0538 e. The van der Waals surface area contributed by atoms with Gasteiger partial charge in [-0.3, -0.25) is 0 Å². The van der Waals surface area contributed by atoms with Gasteiger partial charge in [0.2, 0.25) is 0 Å². The number of hydrogen-bond donors (Lipinski definition) is 2. The van der Waals surface area contributed by atoms with Crippen LogP contribution in [0, 0.1) is 17.8 Å². The third kappa shape index (κ3) is 9.38. The van der Waals surface area contributed by atoms with Gasteiger partial charge in [-0.25, -0.2) is 0 Å². The third-order valence-corrected chi connectivity index (χ3v) is 4.02. The molecule has 21 heavy (non-hydrogen) atoms. The van der Waals surface area contributed by atoms with E-state index in [9.17, 15) is 0 Å². The molecule has 0 spiro atoms. The van der Waals surface area contributed by atoms with Crippen molar-refractivity contribution in [2.75, 3.05) is 6.54 Å². The molecule has 0 saturated carbocycles. The van der Waals surface area contributed by atoms with Crippen molar-refractivity contribution >= 4 is 0 Å². The van der Waals surface area contributed by atoms with E-state index >= 15 is 0 Å². The van der Waals surface area contributed by atoms with Gasteiger partial charge in [-0.05, 0) is 37.5 Å². The zero-order chi connectivity index (χ0) is 16.6. The summed E-state index contributed by atoms with van der Waals surface area (Å²) in [5.74, 6) is 1.89. The van der Waals surface area contributed by atoms with Crippen molar-refractivity contribution in [1.82, 2.24) is 10.6 Å². The van der Waals surface area contributed by atoms with Crippen LogP contribution in [0.1, 0.15) is 54.4 Å². The molecule has 0 aliphatic carbocycles. The Labute approximate surface area is 132 Å². The summed E-state index contributed by atoms with van der Waals surface area (Å²) < 4.78 is 0. The molecule has 2 nitrogen and oxygen atoms in total. The predicted molar refractivity (Wildman–Crippen MR) is 96.1 cm³/mol. The first-order valence-electron chi connectivity index (χ1n) is 8.13. The van der Waals surface area contributed by atoms with Gasteiger partial charge in [0.25, 0.3) is 0 Å². The molecule has 2 N–H and O–H groups in total. The summed E-state index contributed by atoms with van der Waals surface area (Å²) in [4.78, 5) is 0. The summed E-state index contributed by atoms with van der Waals surface area (Å²) in [5, 5.41) is 6.91. The zero-order valence-electron chi connectivity index (χ0n) is 15.1. The summed E-state index contributed by atoms with van der Waals surface area (Å²) in [7, 11) is 0. The summed E-state index contributed by atoms with van der Waals surface area (Å²) in [6.45, 7) is 26.3. The van der Waals surface area contributed by atoms with E-state index in [0.717, 1.165) is 30.8 Å². The van der Waals surface area contributed by atoms with Crippen LogP contribution in [0.4, 0.5) is 0 Å². The summed E-state index contributed by atoms with van der Waals surface area (Å²) >= 11 is 0. The molecule has 122 valence electrons. The van der Waals surface area contributed by atoms with Crippen molar-refractivity contribution in [1.29, 1.82) is 0 Å². The topological polar surface area (TPSA) is 24.1 Å². The molecule has 2 heteroatoms. The molecule has 0 bridgehead atoms. The van der Waals surface area contributed by atoms with Crippen LogP contribution in [0.3, 0.4) is 0 Å². The Morgan fingerprint density at radius 1 is 0.857 bits per heavy atom. The van der Waals surface area contributed by atoms with Crippen LogP contribution >= 0.6 is 0 Å². The Kier molecular flexibility index (Phi) is 9.16. The van der Waals surface area contributed by atoms with E-state index in [1.54, 1.807) is 0 Å². The van der Waals surface area contributed by atoms with E-state index in [1.807, 2.05) is 0 Å². The quantitative estimate of drug-likeness (QED) is 0.531. The number of rotatable bonds is 11. The van der Waals surface area contributed by atoms with Crippen molar-refractivity contribution in [3.8, 4) is 0 Å². The highest BCUT2D eigenvalue weighted by molar-refractivity contribution is 5.05. The predicted octanol–water partition coefficient (Wildman–Crippen LogP) is 4.87. The summed E-state index contributed by atoms with van der Waals surface area (Å²) in [6, 6.07) is 0.402. The lowest BCUT2D eigenvalue weighted by molar-refractivity contribution is 0.405. The molecule has 2 atom stereocenters. The fraction of sp³-hybridized carbons (Fsp3) is 0.684. The lowest BCUT2D eigenvalue weighted by Gasteiger charge is -2.26. The van der Waals surface area contributed by atoms with Crippen LogP contribution in [0.25, 0.3) is 0 Å². The standard InChI is InChI=1S/C19H36N2/c1-13(2)10-19(15(5)6)21-18(9)12-20-17(8)11-16(7)14(3)4/h14-16,19-21H,1,8-12H2,2-7H3. The second-order valence-corrected chi connectivity index (χ2v) is 7.14. The van der Waals surface area contributed by atoms with Crippen LogP contribution in [-0.2, 0) is 0 Å². The summed E-state index contributed by atoms with van der Waals surface area (Å²) in [5.41, 5.74) is 3.32. The van der Waals surface area contributed by atoms with Gasteiger partial charge in [-0.1, -0.05) is 53.3 Å². The first kappa shape index (κ1) is 19.8. The molecule has 0 radical (unpaired) electrons. The van der Waals surface area contributed by atoms with Crippen molar-refractivity contribution < 1.29 is 0 Å². The van der Waals surface area contributed by atoms with Gasteiger partial charge >= 0.3 is 0 Å². The van der Waals surface area contributed by atoms with Crippen LogP contribution in [0.5, 0.6) is 0 Å². The first-order valence-corrected chi connectivity index (χ1v) is 8.13. The van der Waals surface area contributed by atoms with Crippen LogP contribution in [-0.4, -0.2) is 12.6 Å². The highest BCUT2D eigenvalue weighted by atomic mass is 15.0. The molecule has 0 aliphatic rings. The second-order valence-electron chi connectivity index (χ2n) is 7.14. The molecule has 0 heterocycles. The Hall–Kier alpha value is -1.18. The molecular formula is C19H36N2. The maximum absolute atomic E-state index is 4.13. The minimum atomic E-state index is 0.402. The van der Waals surface area contributed by atoms with Gasteiger partial charge < -0.3 is 10.6 Å². The maximum atomic E-state index is 4.13. The van der Waals surface area contributed by atoms with Crippen molar-refractivity contribution in [2.24, 2.45) is 17.8 Å². The van der Waals surface area contributed by atoms with Crippen LogP contribution in [0.2, 0.25) is 0 Å². The normalized spacial score (nSPS) is 13.9. The molecule has 0 amide bonds. The molecule has 2 unspecified atom stereocenters. The van der Waals surface area contributed by atoms with Gasteiger partial charge in [0.15, 0.2) is 0 Å². The molecule has 0 saturated heterocycles. The fourth-order valence-electron chi connectivity index (χ4n) is 2.07. The Balaban J connectivity index is 4.18. The van der Waals surface area contributed by atoms with Crippen molar-refractivity contribution in [2.45, 2.75) is 60.4 Å². The lowest BCUT2D eigenvalue weighted by atomic mass is 9.93. The van der Waals surface area contributed by atoms with Gasteiger partial charge in [0, 0.05) is 17.4 Å². The van der Waals surface area contributed by atoms with Gasteiger partial charge in [0.05, 0.1) is 6.54 Å². The Bertz CT molecular complexity index is 353. The van der Waals surface area contributed by atoms with Gasteiger partial charge in [0.1, 0.15) is 0 Å². The van der Waals surface area contributed by atoms with Crippen LogP contribution in [0.15, 0.2) is 36.7 Å². The summed E-state index contributed by atoms with van der Waals surface area (Å²) in [6.07, 6.45) is 2.01. The lowest BCUT2D eigenvalue weighted by Crippen LogP contribution is -2.36. The van der Waals surface area contributed by atoms with Crippen molar-refractivity contribution in [3.63, 3.8) is 0 Å². The maximum Gasteiger partial charge on any atom is 0.0538 e. The SMILES string of the molecule is C=C(C)CC(NC(=C)CNC(=C)CC(C)C(C)C)C(C)C. The molecule has 0 aromatic heterocycles. The van der Waals surface area contributed by atoms with Crippen molar-refractivity contribution in [3.05, 3.63) is 36.7 Å². The fourth-order valence-corrected chi connectivity index (χ4v) is 2.07. The average molecular weight is 293 g/mol. The highest BCUT2D eigenvalue weighted by Crippen LogP contribution is 2.17. The number of allylic oxidation sites excluding steroid dienone is 1. The van der Waals surface area contributed by atoms with E-state index in [-0.39, 0.29) is 0 Å². The molecule has 0 rings (SSSR count). The zero-order valence-corrected chi connectivity index (χ0v) is 15.1. The monoisotopic (exact) mass is 292 g/mol. The average Bonchev–Trinajstić information content (AvgIpc) is 2.34. The highest BCUT2D eigenvalue weighted by Gasteiger charge is 2.14. The van der Waals surface area contributed by atoms with E-state index in [2.05, 4.69) is 71.9 Å². The van der Waals surface area contributed by atoms with E-state index in [0.29, 0.717) is 23.8 Å². The van der Waals surface area contributed by atoms with E-state index in [1.165, 1.54) is 5.57 Å². The van der Waals surface area contributed by atoms with Crippen LogP contribution < -0.4 is 10.6 Å². The van der Waals surface area contributed by atoms with E-state index in [4.69, 9.17) is 0 Å². The second kappa shape index (κ2) is 9.70. The van der Waals surface area contributed by atoms with E-state index < -0.39 is 0 Å². The Morgan fingerprint density at radius 3 is 1.86 bits per heavy atom. The minimum absolute atomic E-state index is 0.402. The number of hydrogen-bond acceptors (Lipinski definition) is 2. The third-order valence-electron chi connectivity index (χ3n) is 4.02. The molecule has 0 aliphatic heterocycles. The molecule has 0 aromatic carbocycles. The first-order chi connectivity index (χ1) is 9.63. The molecule has 0 fully saturated rings. The molecule has 0 aromatic rings. The van der Waals surface area contributed by atoms with Gasteiger partial charge in [-0.15, -0.1) is 6.58 Å². The molecular weight excluding hydrogens is 256 g/mol. The number of nitrogens with one attached hydrogen (secondary N) is 2. The minimum Gasteiger partial charge on any atom is -0.384 e.